The van der Waals surface area contributed by atoms with Crippen LogP contribution in [0, 0.1) is 0 Å². The van der Waals surface area contributed by atoms with Crippen molar-refractivity contribution in [2.75, 3.05) is 14.2 Å². The Morgan fingerprint density at radius 1 is 1.36 bits per heavy atom. The number of carbonyl (C=O) groups is 1. The predicted octanol–water partition coefficient (Wildman–Crippen LogP) is 2.98. The van der Waals surface area contributed by atoms with E-state index in [0.717, 1.165) is 10.0 Å². The zero-order chi connectivity index (χ0) is 16.3. The van der Waals surface area contributed by atoms with Gasteiger partial charge >= 0.3 is 0 Å². The van der Waals surface area contributed by atoms with Crippen molar-refractivity contribution < 1.29 is 9.53 Å². The SMILES string of the molecule is COc1c(C(=O)N(C)[C@H](C)c2cccc(Br)c2)cc[nH]c1=O. The lowest BCUT2D eigenvalue weighted by molar-refractivity contribution is 0.0738. The molecular weight excluding hydrogens is 348 g/mol. The van der Waals surface area contributed by atoms with E-state index in [1.807, 2.05) is 31.2 Å². The summed E-state index contributed by atoms with van der Waals surface area (Å²) < 4.78 is 6.00. The van der Waals surface area contributed by atoms with Crippen molar-refractivity contribution in [3.8, 4) is 5.75 Å². The Kier molecular flexibility index (Phi) is 5.03. The van der Waals surface area contributed by atoms with Crippen LogP contribution in [-0.4, -0.2) is 29.9 Å². The van der Waals surface area contributed by atoms with Gasteiger partial charge in [-0.05, 0) is 30.7 Å². The summed E-state index contributed by atoms with van der Waals surface area (Å²) in [4.78, 5) is 28.5. The molecule has 1 aromatic heterocycles. The zero-order valence-electron chi connectivity index (χ0n) is 12.6. The minimum absolute atomic E-state index is 0.0285. The van der Waals surface area contributed by atoms with E-state index in [2.05, 4.69) is 20.9 Å². The number of nitrogens with one attached hydrogen (secondary N) is 1. The largest absolute Gasteiger partial charge is 0.491 e. The number of methoxy groups -OCH3 is 1. The van der Waals surface area contributed by atoms with Gasteiger partial charge in [-0.2, -0.15) is 0 Å². The highest BCUT2D eigenvalue weighted by Crippen LogP contribution is 2.24. The van der Waals surface area contributed by atoms with Gasteiger partial charge in [-0.25, -0.2) is 0 Å². The first-order valence-corrected chi connectivity index (χ1v) is 7.53. The van der Waals surface area contributed by atoms with Crippen molar-refractivity contribution in [2.24, 2.45) is 0 Å². The van der Waals surface area contributed by atoms with Crippen LogP contribution in [-0.2, 0) is 0 Å². The van der Waals surface area contributed by atoms with Gasteiger partial charge in [0.1, 0.15) is 0 Å². The van der Waals surface area contributed by atoms with Crippen LogP contribution in [0.4, 0.5) is 0 Å². The molecule has 5 nitrogen and oxygen atoms in total. The molecule has 0 fully saturated rings. The number of pyridine rings is 1. The van der Waals surface area contributed by atoms with Crippen LogP contribution < -0.4 is 10.3 Å². The molecule has 1 N–H and O–H groups in total. The summed E-state index contributed by atoms with van der Waals surface area (Å²) in [6.45, 7) is 1.93. The maximum Gasteiger partial charge on any atom is 0.291 e. The fraction of sp³-hybridized carbons (Fsp3) is 0.250. The Bertz CT molecular complexity index is 742. The topological polar surface area (TPSA) is 62.4 Å². The average Bonchev–Trinajstić information content (AvgIpc) is 2.52. The summed E-state index contributed by atoms with van der Waals surface area (Å²) in [5.74, 6) is -0.240. The first-order valence-electron chi connectivity index (χ1n) is 6.74. The van der Waals surface area contributed by atoms with Crippen molar-refractivity contribution in [1.29, 1.82) is 0 Å². The Morgan fingerprint density at radius 3 is 2.73 bits per heavy atom. The van der Waals surface area contributed by atoms with Crippen LogP contribution in [0.3, 0.4) is 0 Å². The number of hydrogen-bond donors (Lipinski definition) is 1. The lowest BCUT2D eigenvalue weighted by Gasteiger charge is -2.26. The molecule has 0 saturated carbocycles. The Morgan fingerprint density at radius 2 is 2.09 bits per heavy atom. The average molecular weight is 365 g/mol. The van der Waals surface area contributed by atoms with Crippen LogP contribution in [0.2, 0.25) is 0 Å². The van der Waals surface area contributed by atoms with Crippen molar-refractivity contribution in [1.82, 2.24) is 9.88 Å². The first-order chi connectivity index (χ1) is 10.5. The van der Waals surface area contributed by atoms with Gasteiger partial charge in [0.15, 0.2) is 5.75 Å². The van der Waals surface area contributed by atoms with E-state index in [-0.39, 0.29) is 23.3 Å². The van der Waals surface area contributed by atoms with Crippen molar-refractivity contribution >= 4 is 21.8 Å². The fourth-order valence-electron chi connectivity index (χ4n) is 2.19. The molecule has 1 amide bonds. The smallest absolute Gasteiger partial charge is 0.291 e. The molecule has 0 aliphatic carbocycles. The molecule has 1 aromatic carbocycles. The highest BCUT2D eigenvalue weighted by atomic mass is 79.9. The molecule has 0 bridgehead atoms. The van der Waals surface area contributed by atoms with Crippen LogP contribution >= 0.6 is 15.9 Å². The lowest BCUT2D eigenvalue weighted by atomic mass is 10.1. The molecule has 0 unspecified atom stereocenters. The third-order valence-electron chi connectivity index (χ3n) is 3.58. The van der Waals surface area contributed by atoms with Gasteiger partial charge in [0.25, 0.3) is 11.5 Å². The molecule has 6 heteroatoms. The molecule has 22 heavy (non-hydrogen) atoms. The molecule has 116 valence electrons. The second-order valence-electron chi connectivity index (χ2n) is 4.90. The van der Waals surface area contributed by atoms with Crippen LogP contribution in [0.1, 0.15) is 28.9 Å². The van der Waals surface area contributed by atoms with Crippen molar-refractivity contribution in [2.45, 2.75) is 13.0 Å². The zero-order valence-corrected chi connectivity index (χ0v) is 14.2. The fourth-order valence-corrected chi connectivity index (χ4v) is 2.61. The summed E-state index contributed by atoms with van der Waals surface area (Å²) in [6, 6.07) is 9.17. The lowest BCUT2D eigenvalue weighted by Crippen LogP contribution is -2.31. The number of hydrogen-bond acceptors (Lipinski definition) is 3. The number of H-pyrrole nitrogens is 1. The van der Waals surface area contributed by atoms with Gasteiger partial charge in [-0.15, -0.1) is 0 Å². The minimum Gasteiger partial charge on any atom is -0.491 e. The molecule has 0 aliphatic rings. The highest BCUT2D eigenvalue weighted by Gasteiger charge is 2.23. The standard InChI is InChI=1S/C16H17BrN2O3/c1-10(11-5-4-6-12(17)9-11)19(2)16(21)13-7-8-18-15(20)14(13)22-3/h4-10H,1-3H3,(H,18,20)/t10-/m1/s1. The van der Waals surface area contributed by atoms with E-state index in [0.29, 0.717) is 0 Å². The first kappa shape index (κ1) is 16.3. The number of halogens is 1. The molecule has 0 radical (unpaired) electrons. The molecular formula is C16H17BrN2O3. The Labute approximate surface area is 137 Å². The molecule has 2 rings (SSSR count). The molecule has 2 aromatic rings. The maximum absolute atomic E-state index is 12.7. The second-order valence-corrected chi connectivity index (χ2v) is 5.82. The summed E-state index contributed by atoms with van der Waals surface area (Å²) in [5, 5.41) is 0. The van der Waals surface area contributed by atoms with E-state index in [1.54, 1.807) is 18.0 Å². The van der Waals surface area contributed by atoms with E-state index in [4.69, 9.17) is 4.74 Å². The van der Waals surface area contributed by atoms with Crippen molar-refractivity contribution in [3.63, 3.8) is 0 Å². The number of rotatable bonds is 4. The third kappa shape index (κ3) is 3.22. The van der Waals surface area contributed by atoms with Gasteiger partial charge in [-0.3, -0.25) is 9.59 Å². The highest BCUT2D eigenvalue weighted by molar-refractivity contribution is 9.10. The van der Waals surface area contributed by atoms with E-state index < -0.39 is 5.56 Å². The molecule has 0 aliphatic heterocycles. The molecule has 1 heterocycles. The van der Waals surface area contributed by atoms with Gasteiger partial charge in [0, 0.05) is 17.7 Å². The third-order valence-corrected chi connectivity index (χ3v) is 4.08. The summed E-state index contributed by atoms with van der Waals surface area (Å²) in [6.07, 6.45) is 1.44. The van der Waals surface area contributed by atoms with Gasteiger partial charge < -0.3 is 14.6 Å². The summed E-state index contributed by atoms with van der Waals surface area (Å²) in [5.41, 5.74) is 0.821. The van der Waals surface area contributed by atoms with Crippen LogP contribution in [0.15, 0.2) is 45.8 Å². The molecule has 1 atom stereocenters. The summed E-state index contributed by atoms with van der Waals surface area (Å²) in [7, 11) is 3.08. The van der Waals surface area contributed by atoms with Gasteiger partial charge in [0.2, 0.25) is 0 Å². The maximum atomic E-state index is 12.7. The summed E-state index contributed by atoms with van der Waals surface area (Å²) >= 11 is 3.42. The number of amides is 1. The van der Waals surface area contributed by atoms with Gasteiger partial charge in [-0.1, -0.05) is 28.1 Å². The van der Waals surface area contributed by atoms with Gasteiger partial charge in [0.05, 0.1) is 18.7 Å². The Balaban J connectivity index is 2.33. The predicted molar refractivity (Wildman–Crippen MR) is 88.3 cm³/mol. The van der Waals surface area contributed by atoms with Crippen LogP contribution in [0.5, 0.6) is 5.75 Å². The Hall–Kier alpha value is -2.08. The van der Waals surface area contributed by atoms with E-state index in [1.165, 1.54) is 13.3 Å². The molecule has 0 spiro atoms. The van der Waals surface area contributed by atoms with Crippen molar-refractivity contribution in [3.05, 3.63) is 62.5 Å². The quantitative estimate of drug-likeness (QED) is 0.906. The number of nitrogens with zero attached hydrogens (tertiary/aromatic N) is 1. The number of aromatic nitrogens is 1. The van der Waals surface area contributed by atoms with Crippen LogP contribution in [0.25, 0.3) is 0 Å². The number of benzene rings is 1. The normalized spacial score (nSPS) is 11.8. The minimum atomic E-state index is -0.420. The van der Waals surface area contributed by atoms with E-state index in [9.17, 15) is 9.59 Å². The number of aromatic amines is 1. The monoisotopic (exact) mass is 364 g/mol. The number of ether oxygens (including phenoxy) is 1. The second kappa shape index (κ2) is 6.79. The number of carbonyl (C=O) groups excluding carboxylic acids is 1. The molecule has 0 saturated heterocycles. The van der Waals surface area contributed by atoms with E-state index >= 15 is 0 Å².